The van der Waals surface area contributed by atoms with Crippen molar-refractivity contribution < 1.29 is 14.6 Å². The van der Waals surface area contributed by atoms with Crippen LogP contribution in [0.15, 0.2) is 24.3 Å². The summed E-state index contributed by atoms with van der Waals surface area (Å²) in [6, 6.07) is 5.70. The number of hydrogen-bond acceptors (Lipinski definition) is 4. The SMILES string of the molecule is COc1ccc(/C=C/C(=O)O)cc1CSCCN(C)C. The molecule has 0 aliphatic heterocycles. The van der Waals surface area contributed by atoms with Crippen molar-refractivity contribution in [3.05, 3.63) is 35.4 Å². The molecule has 0 aliphatic carbocycles. The van der Waals surface area contributed by atoms with E-state index in [-0.39, 0.29) is 0 Å². The standard InChI is InChI=1S/C15H21NO3S/c1-16(2)8-9-20-11-13-10-12(5-7-15(17)18)4-6-14(13)19-3/h4-7,10H,8-9,11H2,1-3H3,(H,17,18)/b7-5+. The molecule has 0 spiro atoms. The maximum atomic E-state index is 10.5. The molecule has 1 rings (SSSR count). The fourth-order valence-electron chi connectivity index (χ4n) is 1.61. The van der Waals surface area contributed by atoms with Crippen LogP contribution in [0.25, 0.3) is 6.08 Å². The quantitative estimate of drug-likeness (QED) is 0.590. The first-order chi connectivity index (χ1) is 9.52. The molecule has 0 bridgehead atoms. The lowest BCUT2D eigenvalue weighted by Crippen LogP contribution is -2.14. The van der Waals surface area contributed by atoms with E-state index < -0.39 is 5.97 Å². The van der Waals surface area contributed by atoms with Gasteiger partial charge in [-0.05, 0) is 37.9 Å². The van der Waals surface area contributed by atoms with Gasteiger partial charge in [-0.2, -0.15) is 11.8 Å². The third kappa shape index (κ3) is 6.12. The molecule has 1 aromatic rings. The summed E-state index contributed by atoms with van der Waals surface area (Å²) in [6.45, 7) is 1.03. The number of carboxylic acid groups (broad SMARTS) is 1. The van der Waals surface area contributed by atoms with Crippen LogP contribution in [0.3, 0.4) is 0 Å². The van der Waals surface area contributed by atoms with Crippen molar-refractivity contribution >= 4 is 23.8 Å². The Balaban J connectivity index is 2.70. The number of rotatable bonds is 8. The molecule has 0 heterocycles. The van der Waals surface area contributed by atoms with Gasteiger partial charge in [-0.25, -0.2) is 4.79 Å². The summed E-state index contributed by atoms with van der Waals surface area (Å²) < 4.78 is 5.34. The van der Waals surface area contributed by atoms with Crippen molar-refractivity contribution in [3.8, 4) is 5.75 Å². The summed E-state index contributed by atoms with van der Waals surface area (Å²) >= 11 is 1.84. The molecule has 0 saturated heterocycles. The second-order valence-electron chi connectivity index (χ2n) is 4.60. The van der Waals surface area contributed by atoms with Gasteiger partial charge in [0.1, 0.15) is 5.75 Å². The maximum Gasteiger partial charge on any atom is 0.328 e. The Kier molecular flexibility index (Phi) is 7.18. The molecular weight excluding hydrogens is 274 g/mol. The topological polar surface area (TPSA) is 49.8 Å². The van der Waals surface area contributed by atoms with Crippen molar-refractivity contribution in [2.24, 2.45) is 0 Å². The highest BCUT2D eigenvalue weighted by molar-refractivity contribution is 7.98. The van der Waals surface area contributed by atoms with Gasteiger partial charge in [-0.1, -0.05) is 6.07 Å². The van der Waals surface area contributed by atoms with E-state index in [2.05, 4.69) is 19.0 Å². The normalized spacial score (nSPS) is 11.2. The molecule has 0 fully saturated rings. The minimum Gasteiger partial charge on any atom is -0.496 e. The maximum absolute atomic E-state index is 10.5. The van der Waals surface area contributed by atoms with Gasteiger partial charge in [0.2, 0.25) is 0 Å². The van der Waals surface area contributed by atoms with Gasteiger partial charge in [0.05, 0.1) is 7.11 Å². The average Bonchev–Trinajstić information content (AvgIpc) is 2.41. The molecule has 5 heteroatoms. The molecule has 0 saturated carbocycles. The Bertz CT molecular complexity index is 472. The monoisotopic (exact) mass is 295 g/mol. The highest BCUT2D eigenvalue weighted by Crippen LogP contribution is 2.25. The van der Waals surface area contributed by atoms with Crippen molar-refractivity contribution in [1.82, 2.24) is 4.90 Å². The number of thioether (sulfide) groups is 1. The molecule has 110 valence electrons. The van der Waals surface area contributed by atoms with Crippen LogP contribution in [-0.4, -0.2) is 49.5 Å². The lowest BCUT2D eigenvalue weighted by molar-refractivity contribution is -0.131. The molecule has 4 nitrogen and oxygen atoms in total. The van der Waals surface area contributed by atoms with E-state index in [0.717, 1.165) is 41.0 Å². The number of hydrogen-bond donors (Lipinski definition) is 1. The van der Waals surface area contributed by atoms with E-state index in [0.29, 0.717) is 0 Å². The first kappa shape index (κ1) is 16.6. The number of benzene rings is 1. The highest BCUT2D eigenvalue weighted by atomic mass is 32.2. The van der Waals surface area contributed by atoms with Crippen LogP contribution in [0.4, 0.5) is 0 Å². The second kappa shape index (κ2) is 8.66. The van der Waals surface area contributed by atoms with Crippen molar-refractivity contribution in [2.45, 2.75) is 5.75 Å². The van der Waals surface area contributed by atoms with Crippen LogP contribution in [0.2, 0.25) is 0 Å². The first-order valence-corrected chi connectivity index (χ1v) is 7.49. The molecule has 0 amide bonds. The van der Waals surface area contributed by atoms with Gasteiger partial charge < -0.3 is 14.7 Å². The van der Waals surface area contributed by atoms with Crippen molar-refractivity contribution in [1.29, 1.82) is 0 Å². The predicted molar refractivity (Wildman–Crippen MR) is 84.4 cm³/mol. The Morgan fingerprint density at radius 2 is 2.20 bits per heavy atom. The summed E-state index contributed by atoms with van der Waals surface area (Å²) in [5, 5.41) is 8.65. The fourth-order valence-corrected chi connectivity index (χ4v) is 2.70. The Labute approximate surface area is 124 Å². The lowest BCUT2D eigenvalue weighted by Gasteiger charge is -2.11. The smallest absolute Gasteiger partial charge is 0.328 e. The molecule has 0 aromatic heterocycles. The summed E-state index contributed by atoms with van der Waals surface area (Å²) in [5.74, 6) is 1.80. The van der Waals surface area contributed by atoms with E-state index in [1.54, 1.807) is 13.2 Å². The summed E-state index contributed by atoms with van der Waals surface area (Å²) in [4.78, 5) is 12.7. The zero-order valence-corrected chi connectivity index (χ0v) is 12.9. The van der Waals surface area contributed by atoms with Crippen LogP contribution in [0, 0.1) is 0 Å². The van der Waals surface area contributed by atoms with Gasteiger partial charge in [0.15, 0.2) is 0 Å². The van der Waals surface area contributed by atoms with E-state index in [9.17, 15) is 4.79 Å². The van der Waals surface area contributed by atoms with Gasteiger partial charge >= 0.3 is 5.97 Å². The van der Waals surface area contributed by atoms with Crippen LogP contribution >= 0.6 is 11.8 Å². The number of carbonyl (C=O) groups is 1. The minimum absolute atomic E-state index is 0.842. The third-order valence-electron chi connectivity index (χ3n) is 2.66. The van der Waals surface area contributed by atoms with Gasteiger partial charge in [-0.3, -0.25) is 0 Å². The Morgan fingerprint density at radius 1 is 1.45 bits per heavy atom. The molecule has 0 aliphatic rings. The summed E-state index contributed by atoms with van der Waals surface area (Å²) in [6.07, 6.45) is 2.74. The molecule has 0 radical (unpaired) electrons. The van der Waals surface area contributed by atoms with Gasteiger partial charge in [0, 0.05) is 29.7 Å². The van der Waals surface area contributed by atoms with Crippen molar-refractivity contribution in [3.63, 3.8) is 0 Å². The summed E-state index contributed by atoms with van der Waals surface area (Å²) in [5.41, 5.74) is 1.96. The fraction of sp³-hybridized carbons (Fsp3) is 0.400. The predicted octanol–water partition coefficient (Wildman–Crippen LogP) is 2.59. The van der Waals surface area contributed by atoms with Gasteiger partial charge in [-0.15, -0.1) is 0 Å². The lowest BCUT2D eigenvalue weighted by atomic mass is 10.1. The minimum atomic E-state index is -0.942. The van der Waals surface area contributed by atoms with Gasteiger partial charge in [0.25, 0.3) is 0 Å². The Hall–Kier alpha value is -1.46. The van der Waals surface area contributed by atoms with Crippen LogP contribution in [0.5, 0.6) is 5.75 Å². The molecule has 1 aromatic carbocycles. The van der Waals surface area contributed by atoms with E-state index in [1.165, 1.54) is 0 Å². The van der Waals surface area contributed by atoms with E-state index >= 15 is 0 Å². The molecule has 0 atom stereocenters. The molecule has 1 N–H and O–H groups in total. The summed E-state index contributed by atoms with van der Waals surface area (Å²) in [7, 11) is 5.76. The van der Waals surface area contributed by atoms with E-state index in [1.807, 2.05) is 30.0 Å². The average molecular weight is 295 g/mol. The number of carboxylic acids is 1. The third-order valence-corrected chi connectivity index (χ3v) is 3.65. The highest BCUT2D eigenvalue weighted by Gasteiger charge is 2.04. The number of methoxy groups -OCH3 is 1. The molecule has 20 heavy (non-hydrogen) atoms. The molecular formula is C15H21NO3S. The number of aliphatic carboxylic acids is 1. The first-order valence-electron chi connectivity index (χ1n) is 6.33. The zero-order valence-electron chi connectivity index (χ0n) is 12.1. The van der Waals surface area contributed by atoms with Crippen LogP contribution in [-0.2, 0) is 10.5 Å². The van der Waals surface area contributed by atoms with Crippen molar-refractivity contribution in [2.75, 3.05) is 33.5 Å². The molecule has 0 unspecified atom stereocenters. The van der Waals surface area contributed by atoms with E-state index in [4.69, 9.17) is 9.84 Å². The Morgan fingerprint density at radius 3 is 2.80 bits per heavy atom. The zero-order chi connectivity index (χ0) is 15.0. The number of nitrogens with zero attached hydrogens (tertiary/aromatic N) is 1. The second-order valence-corrected chi connectivity index (χ2v) is 5.70. The largest absolute Gasteiger partial charge is 0.496 e. The van der Waals surface area contributed by atoms with Crippen LogP contribution < -0.4 is 4.74 Å². The number of ether oxygens (including phenoxy) is 1. The van der Waals surface area contributed by atoms with Crippen LogP contribution in [0.1, 0.15) is 11.1 Å².